The molecule has 3 N–H and O–H groups in total. The Kier molecular flexibility index (Phi) is 4.65. The van der Waals surface area contributed by atoms with Gasteiger partial charge >= 0.3 is 0 Å². The topological polar surface area (TPSA) is 68.0 Å². The summed E-state index contributed by atoms with van der Waals surface area (Å²) in [6.07, 6.45) is 0.544. The van der Waals surface area contributed by atoms with Crippen LogP contribution in [0.5, 0.6) is 0 Å². The van der Waals surface area contributed by atoms with Gasteiger partial charge in [-0.2, -0.15) is 0 Å². The maximum Gasteiger partial charge on any atom is 0.237 e. The number of carbonyl (C=O) groups excluding carboxylic acids is 1. The first kappa shape index (κ1) is 13.7. The van der Waals surface area contributed by atoms with E-state index in [1.54, 1.807) is 11.3 Å². The van der Waals surface area contributed by atoms with Crippen LogP contribution in [-0.2, 0) is 17.8 Å². The van der Waals surface area contributed by atoms with E-state index in [0.29, 0.717) is 13.0 Å². The Bertz CT molecular complexity index is 539. The van der Waals surface area contributed by atoms with Crippen molar-refractivity contribution in [3.63, 3.8) is 0 Å². The van der Waals surface area contributed by atoms with E-state index < -0.39 is 6.04 Å². The molecule has 1 aromatic carbocycles. The summed E-state index contributed by atoms with van der Waals surface area (Å²) in [7, 11) is 0. The summed E-state index contributed by atoms with van der Waals surface area (Å²) in [5, 5.41) is 5.75. The smallest absolute Gasteiger partial charge is 0.237 e. The van der Waals surface area contributed by atoms with E-state index in [9.17, 15) is 4.79 Å². The largest absolute Gasteiger partial charge is 0.349 e. The number of amides is 1. The van der Waals surface area contributed by atoms with E-state index in [1.165, 1.54) is 0 Å². The second-order valence-electron chi connectivity index (χ2n) is 4.37. The van der Waals surface area contributed by atoms with Gasteiger partial charge in [-0.05, 0) is 18.9 Å². The summed E-state index contributed by atoms with van der Waals surface area (Å²) in [5.41, 5.74) is 7.83. The minimum absolute atomic E-state index is 0.144. The minimum Gasteiger partial charge on any atom is -0.349 e. The molecule has 5 heteroatoms. The number of aromatic nitrogens is 1. The van der Waals surface area contributed by atoms with Crippen LogP contribution in [-0.4, -0.2) is 16.9 Å². The molecule has 2 rings (SSSR count). The van der Waals surface area contributed by atoms with Crippen molar-refractivity contribution in [3.8, 4) is 0 Å². The Hall–Kier alpha value is -1.72. The molecule has 0 saturated heterocycles. The number of hydrogen-bond donors (Lipinski definition) is 2. The lowest BCUT2D eigenvalue weighted by Gasteiger charge is -2.11. The van der Waals surface area contributed by atoms with Gasteiger partial charge in [-0.25, -0.2) is 4.98 Å². The molecule has 0 radical (unpaired) electrons. The number of carbonyl (C=O) groups is 1. The fourth-order valence-electron chi connectivity index (χ4n) is 1.76. The Labute approximate surface area is 116 Å². The van der Waals surface area contributed by atoms with E-state index in [0.717, 1.165) is 16.3 Å². The Morgan fingerprint density at radius 3 is 2.79 bits per heavy atom. The van der Waals surface area contributed by atoms with Crippen molar-refractivity contribution in [1.29, 1.82) is 0 Å². The number of nitrogens with two attached hydrogens (primary N) is 1. The van der Waals surface area contributed by atoms with Crippen LogP contribution in [0.3, 0.4) is 0 Å². The normalized spacial score (nSPS) is 12.1. The number of benzene rings is 1. The number of nitrogens with one attached hydrogen (secondary N) is 1. The van der Waals surface area contributed by atoms with Crippen molar-refractivity contribution in [3.05, 3.63) is 52.0 Å². The standard InChI is InChI=1S/C14H17N3OS/c1-10-17-12(9-19-10)8-16-14(18)13(15)7-11-5-3-2-4-6-11/h2-6,9,13H,7-8,15H2,1H3,(H,16,18). The molecule has 0 bridgehead atoms. The second kappa shape index (κ2) is 6.45. The van der Waals surface area contributed by atoms with Gasteiger partial charge in [0.15, 0.2) is 0 Å². The average Bonchev–Trinajstić information content (AvgIpc) is 2.83. The fourth-order valence-corrected chi connectivity index (χ4v) is 2.37. The SMILES string of the molecule is Cc1nc(CNC(=O)C(N)Cc2ccccc2)cs1. The quantitative estimate of drug-likeness (QED) is 0.871. The van der Waals surface area contributed by atoms with Crippen LogP contribution in [0.15, 0.2) is 35.7 Å². The molecule has 1 unspecified atom stereocenters. The highest BCUT2D eigenvalue weighted by Gasteiger charge is 2.13. The summed E-state index contributed by atoms with van der Waals surface area (Å²) >= 11 is 1.57. The molecule has 1 atom stereocenters. The van der Waals surface area contributed by atoms with Crippen molar-refractivity contribution in [1.82, 2.24) is 10.3 Å². The number of rotatable bonds is 5. The van der Waals surface area contributed by atoms with Gasteiger partial charge in [0, 0.05) is 5.38 Å². The molecule has 1 heterocycles. The van der Waals surface area contributed by atoms with E-state index in [2.05, 4.69) is 10.3 Å². The van der Waals surface area contributed by atoms with E-state index >= 15 is 0 Å². The molecule has 0 fully saturated rings. The second-order valence-corrected chi connectivity index (χ2v) is 5.43. The zero-order chi connectivity index (χ0) is 13.7. The lowest BCUT2D eigenvalue weighted by Crippen LogP contribution is -2.41. The van der Waals surface area contributed by atoms with Crippen LogP contribution in [0.4, 0.5) is 0 Å². The summed E-state index contributed by atoms with van der Waals surface area (Å²) in [5.74, 6) is -0.144. The highest BCUT2D eigenvalue weighted by atomic mass is 32.1. The third-order valence-corrected chi connectivity index (χ3v) is 3.57. The van der Waals surface area contributed by atoms with Gasteiger partial charge in [-0.15, -0.1) is 11.3 Å². The van der Waals surface area contributed by atoms with Gasteiger partial charge in [0.1, 0.15) is 0 Å². The molecule has 1 aromatic heterocycles. The molecule has 0 saturated carbocycles. The van der Waals surface area contributed by atoms with Crippen LogP contribution >= 0.6 is 11.3 Å². The van der Waals surface area contributed by atoms with Crippen LogP contribution in [0, 0.1) is 6.92 Å². The predicted octanol–water partition coefficient (Wildman–Crippen LogP) is 1.64. The fraction of sp³-hybridized carbons (Fsp3) is 0.286. The highest BCUT2D eigenvalue weighted by Crippen LogP contribution is 2.07. The van der Waals surface area contributed by atoms with Crippen molar-refractivity contribution in [2.75, 3.05) is 0 Å². The van der Waals surface area contributed by atoms with E-state index in [-0.39, 0.29) is 5.91 Å². The first-order valence-corrected chi connectivity index (χ1v) is 7.01. The number of hydrogen-bond acceptors (Lipinski definition) is 4. The first-order chi connectivity index (χ1) is 9.15. The van der Waals surface area contributed by atoms with Crippen molar-refractivity contribution >= 4 is 17.2 Å². The molecule has 0 aliphatic rings. The first-order valence-electron chi connectivity index (χ1n) is 6.13. The molecule has 2 aromatic rings. The van der Waals surface area contributed by atoms with Gasteiger partial charge in [-0.3, -0.25) is 4.79 Å². The van der Waals surface area contributed by atoms with Gasteiger partial charge in [-0.1, -0.05) is 30.3 Å². The molecule has 0 aliphatic heterocycles. The summed E-state index contributed by atoms with van der Waals surface area (Å²) in [4.78, 5) is 16.2. The molecule has 100 valence electrons. The van der Waals surface area contributed by atoms with Gasteiger partial charge in [0.05, 0.1) is 23.3 Å². The monoisotopic (exact) mass is 275 g/mol. The van der Waals surface area contributed by atoms with Crippen LogP contribution in [0.25, 0.3) is 0 Å². The van der Waals surface area contributed by atoms with Crippen molar-refractivity contribution in [2.24, 2.45) is 5.73 Å². The van der Waals surface area contributed by atoms with Crippen LogP contribution in [0.1, 0.15) is 16.3 Å². The highest BCUT2D eigenvalue weighted by molar-refractivity contribution is 7.09. The van der Waals surface area contributed by atoms with Crippen LogP contribution < -0.4 is 11.1 Å². The third kappa shape index (κ3) is 4.15. The molecular weight excluding hydrogens is 258 g/mol. The molecular formula is C14H17N3OS. The predicted molar refractivity (Wildman–Crippen MR) is 76.8 cm³/mol. The maximum atomic E-state index is 11.9. The zero-order valence-electron chi connectivity index (χ0n) is 10.8. The van der Waals surface area contributed by atoms with Crippen molar-refractivity contribution in [2.45, 2.75) is 25.9 Å². The molecule has 4 nitrogen and oxygen atoms in total. The molecule has 0 aliphatic carbocycles. The zero-order valence-corrected chi connectivity index (χ0v) is 11.6. The summed E-state index contributed by atoms with van der Waals surface area (Å²) in [6, 6.07) is 9.24. The van der Waals surface area contributed by atoms with Gasteiger partial charge in [0.2, 0.25) is 5.91 Å². The lowest BCUT2D eigenvalue weighted by atomic mass is 10.1. The lowest BCUT2D eigenvalue weighted by molar-refractivity contribution is -0.122. The molecule has 19 heavy (non-hydrogen) atoms. The minimum atomic E-state index is -0.526. The van der Waals surface area contributed by atoms with E-state index in [4.69, 9.17) is 5.73 Å². The average molecular weight is 275 g/mol. The number of thiazole rings is 1. The summed E-state index contributed by atoms with van der Waals surface area (Å²) in [6.45, 7) is 2.38. The molecule has 0 spiro atoms. The maximum absolute atomic E-state index is 11.9. The van der Waals surface area contributed by atoms with Gasteiger partial charge < -0.3 is 11.1 Å². The van der Waals surface area contributed by atoms with Gasteiger partial charge in [0.25, 0.3) is 0 Å². The molecule has 1 amide bonds. The number of aryl methyl sites for hydroxylation is 1. The summed E-state index contributed by atoms with van der Waals surface area (Å²) < 4.78 is 0. The van der Waals surface area contributed by atoms with E-state index in [1.807, 2.05) is 42.6 Å². The third-order valence-electron chi connectivity index (χ3n) is 2.75. The van der Waals surface area contributed by atoms with Crippen LogP contribution in [0.2, 0.25) is 0 Å². The Morgan fingerprint density at radius 2 is 2.16 bits per heavy atom. The van der Waals surface area contributed by atoms with Crippen molar-refractivity contribution < 1.29 is 4.79 Å². The Balaban J connectivity index is 1.82. The Morgan fingerprint density at radius 1 is 1.42 bits per heavy atom. The number of nitrogens with zero attached hydrogens (tertiary/aromatic N) is 1.